The average Bonchev–Trinajstić information content (AvgIpc) is 2.52. The Balaban J connectivity index is 2.39. The summed E-state index contributed by atoms with van der Waals surface area (Å²) < 4.78 is 23.3. The molecule has 1 fully saturated rings. The van der Waals surface area contributed by atoms with Crippen LogP contribution in [0, 0.1) is 0 Å². The van der Waals surface area contributed by atoms with Gasteiger partial charge in [-0.2, -0.15) is 0 Å². The lowest BCUT2D eigenvalue weighted by atomic mass is 9.95. The number of amides is 1. The Morgan fingerprint density at radius 2 is 1.96 bits per heavy atom. The van der Waals surface area contributed by atoms with E-state index >= 15 is 0 Å². The lowest BCUT2D eigenvalue weighted by molar-refractivity contribution is 0.0945. The SMILES string of the molecule is NS(=O)(=O)c1cc(C(=O)NCCO)c(NC2CCCCC2)cc1Cl. The van der Waals surface area contributed by atoms with Crippen molar-refractivity contribution < 1.29 is 18.3 Å². The zero-order chi connectivity index (χ0) is 17.7. The molecule has 0 spiro atoms. The molecule has 2 rings (SSSR count). The molecule has 0 saturated heterocycles. The van der Waals surface area contributed by atoms with Gasteiger partial charge in [-0.15, -0.1) is 0 Å². The highest BCUT2D eigenvalue weighted by atomic mass is 35.5. The van der Waals surface area contributed by atoms with Crippen molar-refractivity contribution in [3.05, 3.63) is 22.7 Å². The summed E-state index contributed by atoms with van der Waals surface area (Å²) in [7, 11) is -4.05. The largest absolute Gasteiger partial charge is 0.395 e. The maximum atomic E-state index is 12.3. The molecule has 1 saturated carbocycles. The van der Waals surface area contributed by atoms with Crippen molar-refractivity contribution in [2.24, 2.45) is 5.14 Å². The van der Waals surface area contributed by atoms with E-state index in [4.69, 9.17) is 21.8 Å². The van der Waals surface area contributed by atoms with E-state index in [1.165, 1.54) is 18.6 Å². The Morgan fingerprint density at radius 3 is 2.54 bits per heavy atom. The summed E-state index contributed by atoms with van der Waals surface area (Å²) in [5, 5.41) is 19.8. The summed E-state index contributed by atoms with van der Waals surface area (Å²) in [4.78, 5) is 12.0. The predicted octanol–water partition coefficient (Wildman–Crippen LogP) is 1.45. The van der Waals surface area contributed by atoms with Gasteiger partial charge < -0.3 is 15.7 Å². The van der Waals surface area contributed by atoms with Crippen LogP contribution in [0.1, 0.15) is 42.5 Å². The van der Waals surface area contributed by atoms with Gasteiger partial charge in [-0.3, -0.25) is 4.79 Å². The van der Waals surface area contributed by atoms with Crippen molar-refractivity contribution in [1.29, 1.82) is 0 Å². The average molecular weight is 376 g/mol. The molecular formula is C15H22ClN3O4S. The summed E-state index contributed by atoms with van der Waals surface area (Å²) in [6.45, 7) is -0.151. The smallest absolute Gasteiger partial charge is 0.253 e. The summed E-state index contributed by atoms with van der Waals surface area (Å²) in [6.07, 6.45) is 5.35. The van der Waals surface area contributed by atoms with E-state index in [2.05, 4.69) is 10.6 Å². The number of aliphatic hydroxyl groups excluding tert-OH is 1. The minimum absolute atomic E-state index is 0.0329. The molecule has 1 amide bonds. The monoisotopic (exact) mass is 375 g/mol. The number of carbonyl (C=O) groups is 1. The second-order valence-electron chi connectivity index (χ2n) is 5.83. The standard InChI is InChI=1S/C15H22ClN3O4S/c16-12-9-13(19-10-4-2-1-3-5-10)11(15(21)18-6-7-20)8-14(12)24(17,22)23/h8-10,19-20H,1-7H2,(H,18,21)(H2,17,22,23). The third kappa shape index (κ3) is 4.83. The number of benzene rings is 1. The molecule has 0 aromatic heterocycles. The lowest BCUT2D eigenvalue weighted by Crippen LogP contribution is -2.29. The predicted molar refractivity (Wildman–Crippen MR) is 92.7 cm³/mol. The quantitative estimate of drug-likeness (QED) is 0.599. The van der Waals surface area contributed by atoms with Crippen molar-refractivity contribution in [2.75, 3.05) is 18.5 Å². The molecule has 0 atom stereocenters. The van der Waals surface area contributed by atoms with Crippen molar-refractivity contribution >= 4 is 33.2 Å². The number of hydrogen-bond donors (Lipinski definition) is 4. The van der Waals surface area contributed by atoms with Crippen LogP contribution in [0.2, 0.25) is 5.02 Å². The Hall–Kier alpha value is -1.35. The fraction of sp³-hybridized carbons (Fsp3) is 0.533. The van der Waals surface area contributed by atoms with Gasteiger partial charge >= 0.3 is 0 Å². The van der Waals surface area contributed by atoms with Gasteiger partial charge in [0.25, 0.3) is 5.91 Å². The Labute approximate surface area is 146 Å². The third-order valence-corrected chi connectivity index (χ3v) is 5.36. The fourth-order valence-electron chi connectivity index (χ4n) is 2.81. The summed E-state index contributed by atoms with van der Waals surface area (Å²) in [5.41, 5.74) is 0.609. The number of hydrogen-bond acceptors (Lipinski definition) is 5. The van der Waals surface area contributed by atoms with Crippen molar-refractivity contribution in [2.45, 2.75) is 43.0 Å². The van der Waals surface area contributed by atoms with E-state index in [9.17, 15) is 13.2 Å². The molecule has 1 aliphatic rings. The van der Waals surface area contributed by atoms with Gasteiger partial charge in [0.1, 0.15) is 4.90 Å². The maximum absolute atomic E-state index is 12.3. The minimum Gasteiger partial charge on any atom is -0.395 e. The van der Waals surface area contributed by atoms with Crippen LogP contribution >= 0.6 is 11.6 Å². The van der Waals surface area contributed by atoms with Crippen molar-refractivity contribution in [3.63, 3.8) is 0 Å². The molecule has 0 unspecified atom stereocenters. The van der Waals surface area contributed by atoms with Gasteiger partial charge in [-0.1, -0.05) is 30.9 Å². The van der Waals surface area contributed by atoms with Gasteiger partial charge in [0.2, 0.25) is 10.0 Å². The maximum Gasteiger partial charge on any atom is 0.253 e. The highest BCUT2D eigenvalue weighted by Crippen LogP contribution is 2.30. The Bertz CT molecular complexity index is 703. The van der Waals surface area contributed by atoms with Crippen LogP contribution in [-0.4, -0.2) is 38.6 Å². The molecule has 134 valence electrons. The fourth-order valence-corrected chi connectivity index (χ4v) is 3.91. The normalized spacial score (nSPS) is 16.0. The molecular weight excluding hydrogens is 354 g/mol. The van der Waals surface area contributed by atoms with Gasteiger partial charge in [0, 0.05) is 18.3 Å². The third-order valence-electron chi connectivity index (χ3n) is 3.99. The molecule has 24 heavy (non-hydrogen) atoms. The number of anilines is 1. The molecule has 7 nitrogen and oxygen atoms in total. The first-order chi connectivity index (χ1) is 11.3. The number of sulfonamides is 1. The summed E-state index contributed by atoms with van der Waals surface area (Å²) >= 11 is 6.04. The number of rotatable bonds is 6. The van der Waals surface area contributed by atoms with Crippen LogP contribution in [0.4, 0.5) is 5.69 Å². The van der Waals surface area contributed by atoms with E-state index in [1.54, 1.807) is 0 Å². The van der Waals surface area contributed by atoms with E-state index in [0.29, 0.717) is 5.69 Å². The van der Waals surface area contributed by atoms with Crippen molar-refractivity contribution in [1.82, 2.24) is 5.32 Å². The molecule has 0 bridgehead atoms. The second-order valence-corrected chi connectivity index (χ2v) is 7.77. The van der Waals surface area contributed by atoms with Crippen LogP contribution in [0.25, 0.3) is 0 Å². The molecule has 0 aliphatic heterocycles. The number of carbonyl (C=O) groups excluding carboxylic acids is 1. The number of nitrogens with two attached hydrogens (primary N) is 1. The van der Waals surface area contributed by atoms with Crippen molar-refractivity contribution in [3.8, 4) is 0 Å². The minimum atomic E-state index is -4.05. The second kappa shape index (κ2) is 8.15. The van der Waals surface area contributed by atoms with Crippen LogP contribution in [0.3, 0.4) is 0 Å². The zero-order valence-electron chi connectivity index (χ0n) is 13.2. The van der Waals surface area contributed by atoms with E-state index in [-0.39, 0.29) is 34.7 Å². The van der Waals surface area contributed by atoms with Gasteiger partial charge in [-0.05, 0) is 25.0 Å². The summed E-state index contributed by atoms with van der Waals surface area (Å²) in [5.74, 6) is -0.496. The number of aliphatic hydroxyl groups is 1. The first kappa shape index (κ1) is 19.0. The molecule has 9 heteroatoms. The van der Waals surface area contributed by atoms with Crippen LogP contribution < -0.4 is 15.8 Å². The van der Waals surface area contributed by atoms with Gasteiger partial charge in [0.05, 0.1) is 17.2 Å². The highest BCUT2D eigenvalue weighted by molar-refractivity contribution is 7.89. The molecule has 1 aliphatic carbocycles. The molecule has 1 aromatic rings. The van der Waals surface area contributed by atoms with Gasteiger partial charge in [0.15, 0.2) is 0 Å². The molecule has 1 aromatic carbocycles. The van der Waals surface area contributed by atoms with Crippen LogP contribution in [0.5, 0.6) is 0 Å². The Kier molecular flexibility index (Phi) is 6.45. The molecule has 0 heterocycles. The number of halogens is 1. The van der Waals surface area contributed by atoms with E-state index < -0.39 is 15.9 Å². The van der Waals surface area contributed by atoms with Crippen LogP contribution in [-0.2, 0) is 10.0 Å². The first-order valence-corrected chi connectivity index (χ1v) is 9.77. The lowest BCUT2D eigenvalue weighted by Gasteiger charge is -2.25. The number of primary sulfonamides is 1. The van der Waals surface area contributed by atoms with E-state index in [0.717, 1.165) is 25.7 Å². The highest BCUT2D eigenvalue weighted by Gasteiger charge is 2.22. The van der Waals surface area contributed by atoms with Crippen LogP contribution in [0.15, 0.2) is 17.0 Å². The molecule has 5 N–H and O–H groups in total. The number of nitrogens with one attached hydrogen (secondary N) is 2. The topological polar surface area (TPSA) is 122 Å². The Morgan fingerprint density at radius 1 is 1.29 bits per heavy atom. The summed E-state index contributed by atoms with van der Waals surface area (Å²) in [6, 6.07) is 2.80. The zero-order valence-corrected chi connectivity index (χ0v) is 14.8. The van der Waals surface area contributed by atoms with Gasteiger partial charge in [-0.25, -0.2) is 13.6 Å². The van der Waals surface area contributed by atoms with E-state index in [1.807, 2.05) is 0 Å². The molecule has 0 radical (unpaired) electrons. The first-order valence-electron chi connectivity index (χ1n) is 7.85.